The van der Waals surface area contributed by atoms with Crippen molar-refractivity contribution in [2.75, 3.05) is 10.6 Å². The molecule has 1 aliphatic rings. The molecular formula is C34H39NO3S2. The molecule has 3 aromatic carbocycles. The van der Waals surface area contributed by atoms with Crippen molar-refractivity contribution >= 4 is 34.9 Å². The van der Waals surface area contributed by atoms with Gasteiger partial charge in [-0.2, -0.15) is 0 Å². The van der Waals surface area contributed by atoms with E-state index in [0.717, 1.165) is 33.5 Å². The van der Waals surface area contributed by atoms with E-state index in [2.05, 4.69) is 98.9 Å². The topological polar surface area (TPSA) is 60.8 Å². The Balaban J connectivity index is 0.000000681. The number of hydrogen-bond donors (Lipinski definition) is 2. The molecule has 5 rings (SSSR count). The molecule has 2 N–H and O–H groups in total. The van der Waals surface area contributed by atoms with Crippen LogP contribution in [0.3, 0.4) is 0 Å². The fraction of sp³-hybridized carbons (Fsp3) is 0.324. The van der Waals surface area contributed by atoms with Gasteiger partial charge in [0.05, 0.1) is 23.8 Å². The number of fused-ring (bicyclic) bond motifs is 3. The minimum absolute atomic E-state index is 0.00548. The highest BCUT2D eigenvalue weighted by molar-refractivity contribution is 8.00. The molecule has 210 valence electrons. The number of aliphatic hydroxyl groups is 1. The van der Waals surface area contributed by atoms with Gasteiger partial charge in [-0.1, -0.05) is 72.1 Å². The Morgan fingerprint density at radius 3 is 2.10 bits per heavy atom. The highest BCUT2D eigenvalue weighted by Gasteiger charge is 2.35. The standard InChI is InChI=1S/C30H29NO2S2.C4H10O/c1-17-11-13-22(14-12-17)27-19(3)28-24-15-25(21-9-7-6-8-10-21)35-30(24)20(4)31(34-5)29(28)18(2)23(27)16-26(32)33;1-4(2,3)5/h6-15,20H,16H2,1-5H3,(H,32,33);5H,1-3H3. The van der Waals surface area contributed by atoms with Crippen LogP contribution in [0.2, 0.25) is 0 Å². The summed E-state index contributed by atoms with van der Waals surface area (Å²) in [5.41, 5.74) is 10.8. The third-order valence-electron chi connectivity index (χ3n) is 7.00. The summed E-state index contributed by atoms with van der Waals surface area (Å²) >= 11 is 3.58. The van der Waals surface area contributed by atoms with Crippen molar-refractivity contribution in [3.63, 3.8) is 0 Å². The Hall–Kier alpha value is -3.06. The number of carbonyl (C=O) groups is 1. The molecule has 1 atom stereocenters. The molecule has 0 spiro atoms. The molecule has 4 aromatic rings. The number of carboxylic acid groups (broad SMARTS) is 1. The lowest BCUT2D eigenvalue weighted by Crippen LogP contribution is -2.25. The summed E-state index contributed by atoms with van der Waals surface area (Å²) < 4.78 is 2.37. The lowest BCUT2D eigenvalue weighted by molar-refractivity contribution is -0.136. The van der Waals surface area contributed by atoms with Crippen LogP contribution in [0.4, 0.5) is 5.69 Å². The lowest BCUT2D eigenvalue weighted by atomic mass is 9.81. The smallest absolute Gasteiger partial charge is 0.307 e. The summed E-state index contributed by atoms with van der Waals surface area (Å²) in [6.45, 7) is 13.8. The van der Waals surface area contributed by atoms with Gasteiger partial charge in [0.15, 0.2) is 0 Å². The number of benzene rings is 3. The molecular weight excluding hydrogens is 535 g/mol. The van der Waals surface area contributed by atoms with Crippen molar-refractivity contribution in [1.82, 2.24) is 0 Å². The largest absolute Gasteiger partial charge is 0.481 e. The molecule has 40 heavy (non-hydrogen) atoms. The van der Waals surface area contributed by atoms with Crippen LogP contribution < -0.4 is 4.31 Å². The Morgan fingerprint density at radius 2 is 1.55 bits per heavy atom. The van der Waals surface area contributed by atoms with Crippen molar-refractivity contribution in [2.24, 2.45) is 0 Å². The molecule has 2 heterocycles. The number of aliphatic carboxylic acids is 1. The quantitative estimate of drug-likeness (QED) is 0.233. The molecule has 1 aromatic heterocycles. The van der Waals surface area contributed by atoms with Crippen molar-refractivity contribution in [2.45, 2.75) is 66.5 Å². The Bertz CT molecular complexity index is 1510. The average molecular weight is 574 g/mol. The van der Waals surface area contributed by atoms with Crippen LogP contribution in [0.5, 0.6) is 0 Å². The number of nitrogens with zero attached hydrogens (tertiary/aromatic N) is 1. The first-order valence-corrected chi connectivity index (χ1v) is 15.5. The zero-order valence-electron chi connectivity index (χ0n) is 24.6. The minimum atomic E-state index is -0.803. The molecule has 0 saturated carbocycles. The van der Waals surface area contributed by atoms with Gasteiger partial charge in [0.1, 0.15) is 0 Å². The van der Waals surface area contributed by atoms with Gasteiger partial charge in [-0.05, 0) is 87.9 Å². The second-order valence-corrected chi connectivity index (χ2v) is 13.2. The maximum Gasteiger partial charge on any atom is 0.307 e. The Labute approximate surface area is 246 Å². The summed E-state index contributed by atoms with van der Waals surface area (Å²) in [5, 5.41) is 18.4. The van der Waals surface area contributed by atoms with E-state index in [1.165, 1.54) is 32.0 Å². The van der Waals surface area contributed by atoms with Gasteiger partial charge in [0.2, 0.25) is 0 Å². The molecule has 0 fully saturated rings. The van der Waals surface area contributed by atoms with E-state index in [4.69, 9.17) is 5.11 Å². The van der Waals surface area contributed by atoms with Crippen LogP contribution in [0.15, 0.2) is 60.7 Å². The van der Waals surface area contributed by atoms with Crippen LogP contribution in [-0.4, -0.2) is 28.0 Å². The summed E-state index contributed by atoms with van der Waals surface area (Å²) in [4.78, 5) is 14.6. The van der Waals surface area contributed by atoms with Gasteiger partial charge < -0.3 is 14.5 Å². The fourth-order valence-corrected chi connectivity index (χ4v) is 7.45. The first kappa shape index (κ1) is 29.9. The Kier molecular flexibility index (Phi) is 8.83. The first-order valence-electron chi connectivity index (χ1n) is 13.5. The van der Waals surface area contributed by atoms with Gasteiger partial charge >= 0.3 is 5.97 Å². The zero-order valence-corrected chi connectivity index (χ0v) is 26.3. The maximum atomic E-state index is 12.0. The molecule has 0 radical (unpaired) electrons. The van der Waals surface area contributed by atoms with E-state index < -0.39 is 11.6 Å². The first-order chi connectivity index (χ1) is 18.8. The summed E-state index contributed by atoms with van der Waals surface area (Å²) in [6.07, 6.45) is 2.11. The van der Waals surface area contributed by atoms with E-state index in [-0.39, 0.29) is 12.5 Å². The molecule has 0 saturated heterocycles. The fourth-order valence-electron chi connectivity index (χ4n) is 5.34. The third kappa shape index (κ3) is 6.14. The molecule has 0 aliphatic carbocycles. The average Bonchev–Trinajstić information content (AvgIpc) is 3.33. The van der Waals surface area contributed by atoms with E-state index in [1.807, 2.05) is 11.3 Å². The van der Waals surface area contributed by atoms with E-state index >= 15 is 0 Å². The highest BCUT2D eigenvalue weighted by atomic mass is 32.2. The molecule has 0 amide bonds. The SMILES string of the molecule is CC(C)(C)O.CSN1c2c(C)c(CC(=O)O)c(-c3ccc(C)cc3)c(C)c2-c2cc(-c3ccccc3)sc2C1C. The highest BCUT2D eigenvalue weighted by Crippen LogP contribution is 2.56. The van der Waals surface area contributed by atoms with E-state index in [0.29, 0.717) is 0 Å². The van der Waals surface area contributed by atoms with Crippen molar-refractivity contribution < 1.29 is 15.0 Å². The number of hydrogen-bond acceptors (Lipinski definition) is 5. The normalized spacial score (nSPS) is 14.2. The van der Waals surface area contributed by atoms with Crippen molar-refractivity contribution in [1.29, 1.82) is 0 Å². The van der Waals surface area contributed by atoms with E-state index in [9.17, 15) is 9.90 Å². The molecule has 0 bridgehead atoms. The van der Waals surface area contributed by atoms with Gasteiger partial charge in [0.25, 0.3) is 0 Å². The second-order valence-electron chi connectivity index (χ2n) is 11.4. The summed E-state index contributed by atoms with van der Waals surface area (Å²) in [6, 6.07) is 21.5. The van der Waals surface area contributed by atoms with Gasteiger partial charge in [-0.25, -0.2) is 0 Å². The molecule has 1 unspecified atom stereocenters. The molecule has 4 nitrogen and oxygen atoms in total. The van der Waals surface area contributed by atoms with E-state index in [1.54, 1.807) is 32.7 Å². The second kappa shape index (κ2) is 11.8. The number of carboxylic acids is 1. The van der Waals surface area contributed by atoms with Crippen LogP contribution in [0.1, 0.15) is 60.9 Å². The number of aryl methyl sites for hydroxylation is 1. The molecule has 6 heteroatoms. The number of thiophene rings is 1. The number of anilines is 1. The lowest BCUT2D eigenvalue weighted by Gasteiger charge is -2.38. The maximum absolute atomic E-state index is 12.0. The van der Waals surface area contributed by atoms with Crippen LogP contribution in [-0.2, 0) is 11.2 Å². The van der Waals surface area contributed by atoms with Crippen LogP contribution >= 0.6 is 23.3 Å². The van der Waals surface area contributed by atoms with Crippen molar-refractivity contribution in [3.8, 4) is 32.7 Å². The third-order valence-corrected chi connectivity index (χ3v) is 9.25. The number of rotatable bonds is 5. The van der Waals surface area contributed by atoms with Gasteiger partial charge in [-0.3, -0.25) is 4.79 Å². The van der Waals surface area contributed by atoms with Gasteiger partial charge in [0, 0.05) is 27.1 Å². The van der Waals surface area contributed by atoms with Crippen LogP contribution in [0, 0.1) is 20.8 Å². The summed E-state index contributed by atoms with van der Waals surface area (Å²) in [7, 11) is 0. The van der Waals surface area contributed by atoms with Crippen molar-refractivity contribution in [3.05, 3.63) is 87.8 Å². The predicted octanol–water partition coefficient (Wildman–Crippen LogP) is 9.24. The zero-order chi connectivity index (χ0) is 29.4. The predicted molar refractivity (Wildman–Crippen MR) is 173 cm³/mol. The van der Waals surface area contributed by atoms with Crippen LogP contribution in [0.25, 0.3) is 32.7 Å². The monoisotopic (exact) mass is 573 g/mol. The van der Waals surface area contributed by atoms with Gasteiger partial charge in [-0.15, -0.1) is 11.3 Å². The summed E-state index contributed by atoms with van der Waals surface area (Å²) in [5.74, 6) is -0.803. The molecule has 1 aliphatic heterocycles. The Morgan fingerprint density at radius 1 is 0.950 bits per heavy atom. The minimum Gasteiger partial charge on any atom is -0.481 e.